The van der Waals surface area contributed by atoms with Crippen LogP contribution < -0.4 is 10.1 Å². The number of hydrogen-bond acceptors (Lipinski definition) is 4. The molecule has 0 amide bonds. The van der Waals surface area contributed by atoms with Gasteiger partial charge in [0.25, 0.3) is 0 Å². The predicted molar refractivity (Wildman–Crippen MR) is 77.5 cm³/mol. The lowest BCUT2D eigenvalue weighted by molar-refractivity contribution is 0.302. The first-order valence-corrected chi connectivity index (χ1v) is 6.52. The molecule has 20 heavy (non-hydrogen) atoms. The van der Waals surface area contributed by atoms with E-state index in [9.17, 15) is 0 Å². The fraction of sp³-hybridized carbons (Fsp3) is 0.200. The molecule has 102 valence electrons. The molecule has 0 spiro atoms. The number of para-hydroxylation sites is 1. The molecule has 5 heteroatoms. The number of halogens is 1. The zero-order valence-corrected chi connectivity index (χ0v) is 11.8. The van der Waals surface area contributed by atoms with Gasteiger partial charge in [0.1, 0.15) is 24.1 Å². The average Bonchev–Trinajstić information content (AvgIpc) is 2.47. The van der Waals surface area contributed by atoms with Crippen LogP contribution in [0.15, 0.2) is 36.5 Å². The maximum atomic E-state index is 8.82. The van der Waals surface area contributed by atoms with E-state index in [-0.39, 0.29) is 0 Å². The average molecular weight is 288 g/mol. The molecule has 0 unspecified atom stereocenters. The molecule has 2 rings (SSSR count). The van der Waals surface area contributed by atoms with E-state index in [1.807, 2.05) is 31.3 Å². The zero-order valence-electron chi connectivity index (χ0n) is 11.1. The monoisotopic (exact) mass is 287 g/mol. The highest BCUT2D eigenvalue weighted by molar-refractivity contribution is 6.32. The zero-order chi connectivity index (χ0) is 14.4. The Morgan fingerprint density at radius 3 is 3.00 bits per heavy atom. The summed E-state index contributed by atoms with van der Waals surface area (Å²) in [6.45, 7) is 1.02. The van der Waals surface area contributed by atoms with Crippen LogP contribution in [-0.2, 0) is 13.2 Å². The van der Waals surface area contributed by atoms with Gasteiger partial charge in [-0.25, -0.2) is 4.98 Å². The van der Waals surface area contributed by atoms with E-state index in [2.05, 4.69) is 10.3 Å². The van der Waals surface area contributed by atoms with Gasteiger partial charge >= 0.3 is 0 Å². The molecule has 1 N–H and O–H groups in total. The van der Waals surface area contributed by atoms with E-state index in [1.54, 1.807) is 18.3 Å². The smallest absolute Gasteiger partial charge is 0.142 e. The van der Waals surface area contributed by atoms with Crippen LogP contribution in [0, 0.1) is 11.3 Å². The van der Waals surface area contributed by atoms with Crippen LogP contribution in [0.2, 0.25) is 5.02 Å². The molecule has 0 saturated carbocycles. The van der Waals surface area contributed by atoms with E-state index in [0.717, 1.165) is 11.1 Å². The molecule has 1 heterocycles. The third kappa shape index (κ3) is 3.47. The highest BCUT2D eigenvalue weighted by Gasteiger charge is 2.08. The molecular formula is C15H14ClN3O. The number of benzene rings is 1. The van der Waals surface area contributed by atoms with Crippen LogP contribution in [0.1, 0.15) is 16.8 Å². The Hall–Kier alpha value is -2.09. The Morgan fingerprint density at radius 2 is 2.25 bits per heavy atom. The first-order valence-electron chi connectivity index (χ1n) is 6.14. The van der Waals surface area contributed by atoms with Crippen LogP contribution in [0.3, 0.4) is 0 Å². The van der Waals surface area contributed by atoms with Crippen LogP contribution in [0.4, 0.5) is 0 Å². The fourth-order valence-corrected chi connectivity index (χ4v) is 2.07. The largest absolute Gasteiger partial charge is 0.487 e. The standard InChI is InChI=1S/C15H14ClN3O/c1-18-9-12-3-2-4-14(16)15(12)20-10-11-5-6-19-13(7-11)8-17/h2-7,18H,9-10H2,1H3. The number of hydrogen-bond donors (Lipinski definition) is 1. The minimum absolute atomic E-state index is 0.345. The number of rotatable bonds is 5. The molecule has 0 bridgehead atoms. The van der Waals surface area contributed by atoms with Crippen LogP contribution in [0.25, 0.3) is 0 Å². The van der Waals surface area contributed by atoms with Crippen molar-refractivity contribution in [3.05, 3.63) is 58.4 Å². The van der Waals surface area contributed by atoms with Gasteiger partial charge in [-0.2, -0.15) is 5.26 Å². The molecule has 0 atom stereocenters. The van der Waals surface area contributed by atoms with Gasteiger partial charge in [-0.05, 0) is 30.8 Å². The Balaban J connectivity index is 2.16. The Kier molecular flexibility index (Phi) is 4.94. The van der Waals surface area contributed by atoms with Crippen molar-refractivity contribution >= 4 is 11.6 Å². The molecule has 0 aliphatic heterocycles. The number of ether oxygens (including phenoxy) is 1. The molecule has 0 saturated heterocycles. The minimum atomic E-state index is 0.345. The van der Waals surface area contributed by atoms with E-state index < -0.39 is 0 Å². The van der Waals surface area contributed by atoms with Crippen molar-refractivity contribution in [2.24, 2.45) is 0 Å². The van der Waals surface area contributed by atoms with Crippen molar-refractivity contribution in [2.75, 3.05) is 7.05 Å². The third-order valence-corrected chi connectivity index (χ3v) is 3.04. The maximum Gasteiger partial charge on any atom is 0.142 e. The summed E-state index contributed by atoms with van der Waals surface area (Å²) >= 11 is 6.17. The predicted octanol–water partition coefficient (Wildman–Crippen LogP) is 2.91. The number of nitrogens with one attached hydrogen (secondary N) is 1. The molecule has 1 aromatic carbocycles. The van der Waals surface area contributed by atoms with Gasteiger partial charge in [-0.15, -0.1) is 0 Å². The molecular weight excluding hydrogens is 274 g/mol. The lowest BCUT2D eigenvalue weighted by Gasteiger charge is -2.13. The summed E-state index contributed by atoms with van der Waals surface area (Å²) in [7, 11) is 1.87. The molecule has 4 nitrogen and oxygen atoms in total. The SMILES string of the molecule is CNCc1cccc(Cl)c1OCc1ccnc(C#N)c1. The topological polar surface area (TPSA) is 57.9 Å². The van der Waals surface area contributed by atoms with Crippen molar-refractivity contribution in [3.63, 3.8) is 0 Å². The van der Waals surface area contributed by atoms with E-state index in [4.69, 9.17) is 21.6 Å². The number of nitriles is 1. The van der Waals surface area contributed by atoms with E-state index in [0.29, 0.717) is 29.6 Å². The maximum absolute atomic E-state index is 8.82. The number of pyridine rings is 1. The fourth-order valence-electron chi connectivity index (χ4n) is 1.83. The summed E-state index contributed by atoms with van der Waals surface area (Å²) in [4.78, 5) is 3.92. The second-order valence-corrected chi connectivity index (χ2v) is 4.62. The highest BCUT2D eigenvalue weighted by atomic mass is 35.5. The number of nitrogens with zero attached hydrogens (tertiary/aromatic N) is 2. The molecule has 0 aliphatic rings. The molecule has 1 aromatic heterocycles. The van der Waals surface area contributed by atoms with Crippen molar-refractivity contribution in [2.45, 2.75) is 13.2 Å². The Morgan fingerprint density at radius 1 is 1.40 bits per heavy atom. The second-order valence-electron chi connectivity index (χ2n) is 4.21. The quantitative estimate of drug-likeness (QED) is 0.918. The first-order chi connectivity index (χ1) is 9.74. The molecule has 2 aromatic rings. The lowest BCUT2D eigenvalue weighted by atomic mass is 10.2. The van der Waals surface area contributed by atoms with Gasteiger partial charge in [0.15, 0.2) is 0 Å². The summed E-state index contributed by atoms with van der Waals surface area (Å²) in [6, 6.07) is 11.2. The number of aromatic nitrogens is 1. The Bertz CT molecular complexity index is 637. The van der Waals surface area contributed by atoms with Gasteiger partial charge in [0.2, 0.25) is 0 Å². The third-order valence-electron chi connectivity index (χ3n) is 2.74. The summed E-state index contributed by atoms with van der Waals surface area (Å²) in [5.41, 5.74) is 2.25. The highest BCUT2D eigenvalue weighted by Crippen LogP contribution is 2.29. The lowest BCUT2D eigenvalue weighted by Crippen LogP contribution is -2.08. The van der Waals surface area contributed by atoms with Crippen molar-refractivity contribution in [1.29, 1.82) is 5.26 Å². The normalized spacial score (nSPS) is 10.1. The summed E-state index contributed by atoms with van der Waals surface area (Å²) in [5, 5.41) is 12.5. The molecule has 0 aliphatic carbocycles. The van der Waals surface area contributed by atoms with Crippen LogP contribution in [0.5, 0.6) is 5.75 Å². The van der Waals surface area contributed by atoms with Gasteiger partial charge in [0, 0.05) is 18.3 Å². The molecule has 0 radical (unpaired) electrons. The summed E-state index contributed by atoms with van der Waals surface area (Å²) in [6.07, 6.45) is 1.60. The molecule has 0 fully saturated rings. The van der Waals surface area contributed by atoms with Gasteiger partial charge < -0.3 is 10.1 Å². The van der Waals surface area contributed by atoms with Gasteiger partial charge in [-0.1, -0.05) is 23.7 Å². The summed E-state index contributed by atoms with van der Waals surface area (Å²) in [5.74, 6) is 0.666. The van der Waals surface area contributed by atoms with E-state index in [1.165, 1.54) is 0 Å². The Labute approximate surface area is 123 Å². The minimum Gasteiger partial charge on any atom is -0.487 e. The van der Waals surface area contributed by atoms with Crippen LogP contribution in [-0.4, -0.2) is 12.0 Å². The second kappa shape index (κ2) is 6.90. The van der Waals surface area contributed by atoms with Crippen molar-refractivity contribution < 1.29 is 4.74 Å². The van der Waals surface area contributed by atoms with E-state index >= 15 is 0 Å². The van der Waals surface area contributed by atoms with Crippen molar-refractivity contribution in [3.8, 4) is 11.8 Å². The first kappa shape index (κ1) is 14.3. The van der Waals surface area contributed by atoms with Gasteiger partial charge in [0.05, 0.1) is 5.02 Å². The van der Waals surface area contributed by atoms with Crippen molar-refractivity contribution in [1.82, 2.24) is 10.3 Å². The van der Waals surface area contributed by atoms with Crippen LogP contribution >= 0.6 is 11.6 Å². The summed E-state index contributed by atoms with van der Waals surface area (Å²) < 4.78 is 5.80. The van der Waals surface area contributed by atoms with Gasteiger partial charge in [-0.3, -0.25) is 0 Å².